The smallest absolute Gasteiger partial charge is 0.242 e. The molecule has 1 aromatic carbocycles. The SMILES string of the molecule is Cc1cc(=O)c2ccccc2n1CC(=O)N1CCC(c2ncn[nH]2)CC1. The number of aromatic nitrogens is 4. The van der Waals surface area contributed by atoms with Crippen LogP contribution in [0.5, 0.6) is 0 Å². The Morgan fingerprint density at radius 1 is 1.27 bits per heavy atom. The van der Waals surface area contributed by atoms with Crippen LogP contribution in [0.1, 0.15) is 30.3 Å². The lowest BCUT2D eigenvalue weighted by molar-refractivity contribution is -0.132. The van der Waals surface area contributed by atoms with E-state index < -0.39 is 0 Å². The van der Waals surface area contributed by atoms with Gasteiger partial charge in [-0.25, -0.2) is 4.98 Å². The third-order valence-electron chi connectivity index (χ3n) is 5.19. The number of benzene rings is 1. The Balaban J connectivity index is 1.51. The summed E-state index contributed by atoms with van der Waals surface area (Å²) < 4.78 is 1.93. The Bertz CT molecular complexity index is 985. The molecule has 1 aliphatic rings. The minimum atomic E-state index is -0.00493. The van der Waals surface area contributed by atoms with Crippen LogP contribution in [0, 0.1) is 6.92 Å². The number of piperidine rings is 1. The minimum Gasteiger partial charge on any atom is -0.341 e. The Kier molecular flexibility index (Phi) is 4.28. The number of hydrogen-bond acceptors (Lipinski definition) is 4. The summed E-state index contributed by atoms with van der Waals surface area (Å²) in [6.07, 6.45) is 3.28. The van der Waals surface area contributed by atoms with E-state index in [2.05, 4.69) is 15.2 Å². The average molecular weight is 351 g/mol. The summed E-state index contributed by atoms with van der Waals surface area (Å²) in [7, 11) is 0. The van der Waals surface area contributed by atoms with Crippen molar-refractivity contribution in [3.63, 3.8) is 0 Å². The lowest BCUT2D eigenvalue weighted by Gasteiger charge is -2.31. The normalized spacial score (nSPS) is 15.5. The van der Waals surface area contributed by atoms with Gasteiger partial charge in [-0.3, -0.25) is 14.7 Å². The molecule has 26 heavy (non-hydrogen) atoms. The molecule has 3 aromatic rings. The molecule has 0 bridgehead atoms. The number of likely N-dealkylation sites (tertiary alicyclic amines) is 1. The van der Waals surface area contributed by atoms with Crippen LogP contribution in [-0.4, -0.2) is 43.6 Å². The Morgan fingerprint density at radius 3 is 2.77 bits per heavy atom. The summed E-state index contributed by atoms with van der Waals surface area (Å²) >= 11 is 0. The van der Waals surface area contributed by atoms with E-state index in [0.29, 0.717) is 24.4 Å². The van der Waals surface area contributed by atoms with Crippen molar-refractivity contribution in [2.45, 2.75) is 32.2 Å². The predicted molar refractivity (Wildman–Crippen MR) is 97.9 cm³/mol. The van der Waals surface area contributed by atoms with Gasteiger partial charge < -0.3 is 9.47 Å². The second-order valence-electron chi connectivity index (χ2n) is 6.78. The molecule has 0 spiro atoms. The predicted octanol–water partition coefficient (Wildman–Crippen LogP) is 1.83. The molecule has 7 heteroatoms. The van der Waals surface area contributed by atoms with E-state index in [0.717, 1.165) is 29.9 Å². The molecule has 1 saturated heterocycles. The molecular weight excluding hydrogens is 330 g/mol. The number of nitrogens with zero attached hydrogens (tertiary/aromatic N) is 4. The van der Waals surface area contributed by atoms with Gasteiger partial charge in [0.25, 0.3) is 0 Å². The highest BCUT2D eigenvalue weighted by Gasteiger charge is 2.25. The van der Waals surface area contributed by atoms with Gasteiger partial charge in [-0.05, 0) is 31.9 Å². The summed E-state index contributed by atoms with van der Waals surface area (Å²) in [4.78, 5) is 31.1. The van der Waals surface area contributed by atoms with Crippen molar-refractivity contribution in [2.75, 3.05) is 13.1 Å². The molecule has 0 saturated carbocycles. The van der Waals surface area contributed by atoms with Crippen LogP contribution in [0.4, 0.5) is 0 Å². The summed E-state index contributed by atoms with van der Waals surface area (Å²) in [5, 5.41) is 7.48. The van der Waals surface area contributed by atoms with Crippen molar-refractivity contribution in [3.05, 3.63) is 58.4 Å². The lowest BCUT2D eigenvalue weighted by Crippen LogP contribution is -2.40. The number of nitrogens with one attached hydrogen (secondary N) is 1. The third kappa shape index (κ3) is 3.00. The van der Waals surface area contributed by atoms with Gasteiger partial charge in [0.15, 0.2) is 5.43 Å². The Labute approximate surface area is 150 Å². The minimum absolute atomic E-state index is 0.00493. The number of carbonyl (C=O) groups is 1. The zero-order valence-corrected chi connectivity index (χ0v) is 14.7. The van der Waals surface area contributed by atoms with Gasteiger partial charge in [0.2, 0.25) is 5.91 Å². The number of aromatic amines is 1. The fraction of sp³-hybridized carbons (Fsp3) is 0.368. The van der Waals surface area contributed by atoms with E-state index in [1.807, 2.05) is 34.6 Å². The first-order valence-electron chi connectivity index (χ1n) is 8.85. The molecule has 7 nitrogen and oxygen atoms in total. The summed E-state index contributed by atoms with van der Waals surface area (Å²) in [5.74, 6) is 1.31. The van der Waals surface area contributed by atoms with Crippen LogP contribution in [0.3, 0.4) is 0 Å². The third-order valence-corrected chi connectivity index (χ3v) is 5.19. The molecule has 0 unspecified atom stereocenters. The first-order valence-corrected chi connectivity index (χ1v) is 8.85. The number of aryl methyl sites for hydroxylation is 1. The van der Waals surface area contributed by atoms with E-state index >= 15 is 0 Å². The topological polar surface area (TPSA) is 83.9 Å². The zero-order chi connectivity index (χ0) is 18.1. The van der Waals surface area contributed by atoms with Crippen molar-refractivity contribution in [2.24, 2.45) is 0 Å². The summed E-state index contributed by atoms with van der Waals surface area (Å²) in [5.41, 5.74) is 1.61. The summed E-state index contributed by atoms with van der Waals surface area (Å²) in [6.45, 7) is 3.54. The highest BCUT2D eigenvalue weighted by molar-refractivity contribution is 5.82. The molecular formula is C19H21N5O2. The fourth-order valence-electron chi connectivity index (χ4n) is 3.71. The van der Waals surface area contributed by atoms with Gasteiger partial charge in [-0.1, -0.05) is 12.1 Å². The maximum atomic E-state index is 12.8. The highest BCUT2D eigenvalue weighted by Crippen LogP contribution is 2.25. The number of hydrogen-bond donors (Lipinski definition) is 1. The average Bonchev–Trinajstić information content (AvgIpc) is 3.20. The molecule has 0 atom stereocenters. The van der Waals surface area contributed by atoms with E-state index in [1.165, 1.54) is 6.33 Å². The van der Waals surface area contributed by atoms with E-state index in [1.54, 1.807) is 12.1 Å². The first-order chi connectivity index (χ1) is 12.6. The zero-order valence-electron chi connectivity index (χ0n) is 14.7. The molecule has 3 heterocycles. The van der Waals surface area contributed by atoms with Crippen LogP contribution in [0.2, 0.25) is 0 Å². The number of rotatable bonds is 3. The molecule has 1 N–H and O–H groups in total. The van der Waals surface area contributed by atoms with Crippen molar-refractivity contribution in [1.82, 2.24) is 24.6 Å². The molecule has 2 aromatic heterocycles. The second kappa shape index (κ2) is 6.74. The van der Waals surface area contributed by atoms with Gasteiger partial charge in [-0.15, -0.1) is 0 Å². The lowest BCUT2D eigenvalue weighted by atomic mass is 9.96. The number of carbonyl (C=O) groups excluding carboxylic acids is 1. The van der Waals surface area contributed by atoms with Crippen molar-refractivity contribution in [1.29, 1.82) is 0 Å². The molecule has 4 rings (SSSR count). The van der Waals surface area contributed by atoms with Crippen LogP contribution in [0.15, 0.2) is 41.5 Å². The van der Waals surface area contributed by atoms with Crippen LogP contribution in [-0.2, 0) is 11.3 Å². The second-order valence-corrected chi connectivity index (χ2v) is 6.78. The van der Waals surface area contributed by atoms with Crippen LogP contribution >= 0.6 is 0 Å². The first kappa shape index (κ1) is 16.5. The van der Waals surface area contributed by atoms with E-state index in [9.17, 15) is 9.59 Å². The number of amides is 1. The van der Waals surface area contributed by atoms with Crippen LogP contribution < -0.4 is 5.43 Å². The molecule has 0 aliphatic carbocycles. The molecule has 1 aliphatic heterocycles. The van der Waals surface area contributed by atoms with Gasteiger partial charge in [0, 0.05) is 36.2 Å². The monoisotopic (exact) mass is 351 g/mol. The van der Waals surface area contributed by atoms with Gasteiger partial charge in [-0.2, -0.15) is 5.10 Å². The largest absolute Gasteiger partial charge is 0.341 e. The van der Waals surface area contributed by atoms with Crippen LogP contribution in [0.25, 0.3) is 10.9 Å². The Morgan fingerprint density at radius 2 is 2.04 bits per heavy atom. The van der Waals surface area contributed by atoms with Crippen molar-refractivity contribution >= 4 is 16.8 Å². The molecule has 1 fully saturated rings. The highest BCUT2D eigenvalue weighted by atomic mass is 16.2. The number of H-pyrrole nitrogens is 1. The number of pyridine rings is 1. The summed E-state index contributed by atoms with van der Waals surface area (Å²) in [6, 6.07) is 9.05. The molecule has 134 valence electrons. The van der Waals surface area contributed by atoms with Gasteiger partial charge in [0.1, 0.15) is 18.7 Å². The maximum absolute atomic E-state index is 12.8. The van der Waals surface area contributed by atoms with E-state index in [-0.39, 0.29) is 17.9 Å². The fourth-order valence-corrected chi connectivity index (χ4v) is 3.71. The maximum Gasteiger partial charge on any atom is 0.242 e. The van der Waals surface area contributed by atoms with Gasteiger partial charge in [0.05, 0.1) is 5.52 Å². The molecule has 0 radical (unpaired) electrons. The molecule has 1 amide bonds. The van der Waals surface area contributed by atoms with E-state index in [4.69, 9.17) is 0 Å². The number of para-hydroxylation sites is 1. The van der Waals surface area contributed by atoms with Crippen molar-refractivity contribution < 1.29 is 4.79 Å². The standard InChI is InChI=1S/C19H21N5O2/c1-13-10-17(25)15-4-2-3-5-16(15)24(13)11-18(26)23-8-6-14(7-9-23)19-20-12-21-22-19/h2-5,10,12,14H,6-9,11H2,1H3,(H,20,21,22). The van der Waals surface area contributed by atoms with Gasteiger partial charge >= 0.3 is 0 Å². The number of fused-ring (bicyclic) bond motifs is 1. The Hall–Kier alpha value is -2.96. The van der Waals surface area contributed by atoms with Crippen molar-refractivity contribution in [3.8, 4) is 0 Å². The quantitative estimate of drug-likeness (QED) is 0.780.